The molecule has 0 spiro atoms. The summed E-state index contributed by atoms with van der Waals surface area (Å²) in [6.07, 6.45) is -4.68. The van der Waals surface area contributed by atoms with Crippen LogP contribution in [0.3, 0.4) is 0 Å². The van der Waals surface area contributed by atoms with Crippen molar-refractivity contribution in [3.05, 3.63) is 17.8 Å². The van der Waals surface area contributed by atoms with Gasteiger partial charge >= 0.3 is 12.2 Å². The Balaban J connectivity index is 2.20. The van der Waals surface area contributed by atoms with E-state index in [9.17, 15) is 18.0 Å². The first-order valence-electron chi connectivity index (χ1n) is 6.30. The van der Waals surface area contributed by atoms with E-state index in [0.29, 0.717) is 26.2 Å². The lowest BCUT2D eigenvalue weighted by Gasteiger charge is -2.27. The number of carbonyl (C=O) groups excluding carboxylic acids is 1. The molecule has 0 saturated carbocycles. The molecule has 2 heterocycles. The number of nitrogens with zero attached hydrogens (tertiary/aromatic N) is 2. The van der Waals surface area contributed by atoms with Gasteiger partial charge in [-0.1, -0.05) is 0 Å². The van der Waals surface area contributed by atoms with Gasteiger partial charge in [0, 0.05) is 32.2 Å². The third kappa shape index (κ3) is 3.75. The minimum atomic E-state index is -4.68. The summed E-state index contributed by atoms with van der Waals surface area (Å²) in [6, 6.07) is 1.83. The standard InChI is InChI=1S/C12H15F3N4O2/c1-21-9-3-2-8(10(18-9)12(13,14)15)17-11(20)19-6-4-16-5-7-19/h2-3,16H,4-7H2,1H3,(H,17,20). The number of hydrogen-bond acceptors (Lipinski definition) is 4. The second kappa shape index (κ2) is 6.17. The number of carbonyl (C=O) groups is 1. The van der Waals surface area contributed by atoms with Crippen molar-refractivity contribution in [1.29, 1.82) is 0 Å². The normalized spacial score (nSPS) is 15.7. The number of alkyl halides is 3. The lowest BCUT2D eigenvalue weighted by Crippen LogP contribution is -2.48. The van der Waals surface area contributed by atoms with E-state index >= 15 is 0 Å². The molecule has 0 radical (unpaired) electrons. The van der Waals surface area contributed by atoms with Gasteiger partial charge in [0.1, 0.15) is 0 Å². The zero-order chi connectivity index (χ0) is 15.5. The van der Waals surface area contributed by atoms with Crippen LogP contribution in [0.4, 0.5) is 23.7 Å². The molecule has 2 N–H and O–H groups in total. The number of halogens is 3. The van der Waals surface area contributed by atoms with E-state index in [0.717, 1.165) is 6.07 Å². The van der Waals surface area contributed by atoms with Crippen LogP contribution in [-0.4, -0.2) is 49.2 Å². The molecular weight excluding hydrogens is 289 g/mol. The van der Waals surface area contributed by atoms with Crippen LogP contribution in [-0.2, 0) is 6.18 Å². The van der Waals surface area contributed by atoms with Crippen molar-refractivity contribution < 1.29 is 22.7 Å². The number of methoxy groups -OCH3 is 1. The minimum absolute atomic E-state index is 0.164. The molecule has 6 nitrogen and oxygen atoms in total. The van der Waals surface area contributed by atoms with Crippen LogP contribution in [0.25, 0.3) is 0 Å². The molecule has 2 rings (SSSR count). The smallest absolute Gasteiger partial charge is 0.435 e. The predicted molar refractivity (Wildman–Crippen MR) is 69.3 cm³/mol. The van der Waals surface area contributed by atoms with Gasteiger partial charge in [-0.15, -0.1) is 0 Å². The van der Waals surface area contributed by atoms with Crippen molar-refractivity contribution in [2.45, 2.75) is 6.18 Å². The number of piperazine rings is 1. The number of ether oxygens (including phenoxy) is 1. The molecule has 0 unspecified atom stereocenters. The number of hydrogen-bond donors (Lipinski definition) is 2. The fourth-order valence-corrected chi connectivity index (χ4v) is 1.93. The second-order valence-corrected chi connectivity index (χ2v) is 4.41. The Morgan fingerprint density at radius 1 is 1.38 bits per heavy atom. The topological polar surface area (TPSA) is 66.5 Å². The lowest BCUT2D eigenvalue weighted by molar-refractivity contribution is -0.140. The average molecular weight is 304 g/mol. The number of pyridine rings is 1. The molecule has 1 aliphatic heterocycles. The number of aromatic nitrogens is 1. The molecule has 1 aromatic rings. The van der Waals surface area contributed by atoms with E-state index in [-0.39, 0.29) is 11.6 Å². The molecule has 0 aromatic carbocycles. The van der Waals surface area contributed by atoms with E-state index in [2.05, 4.69) is 20.4 Å². The SMILES string of the molecule is COc1ccc(NC(=O)N2CCNCC2)c(C(F)(F)F)n1. The zero-order valence-corrected chi connectivity index (χ0v) is 11.3. The maximum absolute atomic E-state index is 13.0. The van der Waals surface area contributed by atoms with Gasteiger partial charge in [-0.25, -0.2) is 9.78 Å². The highest BCUT2D eigenvalue weighted by Gasteiger charge is 2.37. The maximum atomic E-state index is 13.0. The first kappa shape index (κ1) is 15.4. The largest absolute Gasteiger partial charge is 0.481 e. The van der Waals surface area contributed by atoms with Gasteiger partial charge in [0.05, 0.1) is 12.8 Å². The summed E-state index contributed by atoms with van der Waals surface area (Å²) in [4.78, 5) is 16.8. The van der Waals surface area contributed by atoms with Crippen LogP contribution >= 0.6 is 0 Å². The van der Waals surface area contributed by atoms with Gasteiger partial charge in [-0.3, -0.25) is 0 Å². The van der Waals surface area contributed by atoms with E-state index in [1.165, 1.54) is 18.1 Å². The van der Waals surface area contributed by atoms with Crippen LogP contribution < -0.4 is 15.4 Å². The summed E-state index contributed by atoms with van der Waals surface area (Å²) in [5, 5.41) is 5.31. The van der Waals surface area contributed by atoms with Crippen molar-refractivity contribution in [2.75, 3.05) is 38.6 Å². The summed E-state index contributed by atoms with van der Waals surface area (Å²) < 4.78 is 43.6. The molecular formula is C12H15F3N4O2. The zero-order valence-electron chi connectivity index (χ0n) is 11.3. The number of rotatable bonds is 2. The number of nitrogens with one attached hydrogen (secondary N) is 2. The van der Waals surface area contributed by atoms with Gasteiger partial charge in [0.15, 0.2) is 5.69 Å². The van der Waals surface area contributed by atoms with Crippen molar-refractivity contribution in [1.82, 2.24) is 15.2 Å². The minimum Gasteiger partial charge on any atom is -0.481 e. The Bertz CT molecular complexity index is 516. The molecule has 21 heavy (non-hydrogen) atoms. The molecule has 1 aliphatic rings. The second-order valence-electron chi connectivity index (χ2n) is 4.41. The highest BCUT2D eigenvalue weighted by molar-refractivity contribution is 5.90. The first-order chi connectivity index (χ1) is 9.91. The number of urea groups is 1. The molecule has 1 aromatic heterocycles. The molecule has 9 heteroatoms. The van der Waals surface area contributed by atoms with Crippen LogP contribution in [0.1, 0.15) is 5.69 Å². The summed E-state index contributed by atoms with van der Waals surface area (Å²) in [5.41, 5.74) is -1.56. The maximum Gasteiger partial charge on any atom is 0.435 e. The van der Waals surface area contributed by atoms with Gasteiger partial charge < -0.3 is 20.3 Å². The Labute approximate surface area is 119 Å². The highest BCUT2D eigenvalue weighted by atomic mass is 19.4. The van der Waals surface area contributed by atoms with E-state index in [1.807, 2.05) is 0 Å². The van der Waals surface area contributed by atoms with Gasteiger partial charge in [0.2, 0.25) is 5.88 Å². The van der Waals surface area contributed by atoms with Gasteiger partial charge in [0.25, 0.3) is 0 Å². The van der Waals surface area contributed by atoms with Gasteiger partial charge in [-0.05, 0) is 6.07 Å². The first-order valence-corrected chi connectivity index (χ1v) is 6.30. The molecule has 2 amide bonds. The van der Waals surface area contributed by atoms with Crippen molar-refractivity contribution in [2.24, 2.45) is 0 Å². The molecule has 0 aliphatic carbocycles. The van der Waals surface area contributed by atoms with Crippen LogP contribution in [0.2, 0.25) is 0 Å². The van der Waals surface area contributed by atoms with Gasteiger partial charge in [-0.2, -0.15) is 13.2 Å². The Hall–Kier alpha value is -2.03. The van der Waals surface area contributed by atoms with Crippen molar-refractivity contribution in [3.63, 3.8) is 0 Å². The van der Waals surface area contributed by atoms with E-state index in [4.69, 9.17) is 0 Å². The van der Waals surface area contributed by atoms with E-state index < -0.39 is 17.9 Å². The quantitative estimate of drug-likeness (QED) is 0.870. The Morgan fingerprint density at radius 3 is 2.62 bits per heavy atom. The number of anilines is 1. The Morgan fingerprint density at radius 2 is 2.05 bits per heavy atom. The van der Waals surface area contributed by atoms with Crippen molar-refractivity contribution >= 4 is 11.7 Å². The predicted octanol–water partition coefficient (Wildman–Crippen LogP) is 1.55. The third-order valence-electron chi connectivity index (χ3n) is 2.99. The molecule has 1 fully saturated rings. The summed E-state index contributed by atoms with van der Waals surface area (Å²) in [5.74, 6) is -0.164. The lowest BCUT2D eigenvalue weighted by atomic mass is 10.2. The molecule has 0 bridgehead atoms. The number of amides is 2. The fraction of sp³-hybridized carbons (Fsp3) is 0.500. The summed E-state index contributed by atoms with van der Waals surface area (Å²) in [6.45, 7) is 2.11. The van der Waals surface area contributed by atoms with Crippen LogP contribution in [0.5, 0.6) is 5.88 Å². The van der Waals surface area contributed by atoms with Crippen LogP contribution in [0.15, 0.2) is 12.1 Å². The van der Waals surface area contributed by atoms with Crippen LogP contribution in [0, 0.1) is 0 Å². The van der Waals surface area contributed by atoms with Crippen molar-refractivity contribution in [3.8, 4) is 5.88 Å². The highest BCUT2D eigenvalue weighted by Crippen LogP contribution is 2.34. The van der Waals surface area contributed by atoms with E-state index in [1.54, 1.807) is 0 Å². The molecule has 1 saturated heterocycles. The summed E-state index contributed by atoms with van der Waals surface area (Å²) >= 11 is 0. The molecule has 116 valence electrons. The monoisotopic (exact) mass is 304 g/mol. The average Bonchev–Trinajstić information content (AvgIpc) is 2.47. The summed E-state index contributed by atoms with van der Waals surface area (Å²) in [7, 11) is 1.22. The molecule has 0 atom stereocenters. The fourth-order valence-electron chi connectivity index (χ4n) is 1.93. The Kier molecular flexibility index (Phi) is 4.51. The third-order valence-corrected chi connectivity index (χ3v) is 2.99.